The van der Waals surface area contributed by atoms with Gasteiger partial charge in [0.25, 0.3) is 0 Å². The molecule has 0 radical (unpaired) electrons. The van der Waals surface area contributed by atoms with E-state index >= 15 is 0 Å². The molecule has 0 saturated carbocycles. The number of aryl methyl sites for hydroxylation is 2. The second kappa shape index (κ2) is 5.48. The number of halogens is 1. The first-order chi connectivity index (χ1) is 7.69. The molecule has 1 aromatic rings. The van der Waals surface area contributed by atoms with Crippen LogP contribution in [0.5, 0.6) is 0 Å². The highest BCUT2D eigenvalue weighted by atomic mass is 35.5. The minimum Gasteiger partial charge on any atom is -0.296 e. The lowest BCUT2D eigenvalue weighted by Crippen LogP contribution is -2.20. The molecule has 1 aliphatic rings. The van der Waals surface area contributed by atoms with Crippen molar-refractivity contribution < 1.29 is 0 Å². The summed E-state index contributed by atoms with van der Waals surface area (Å²) in [5, 5.41) is 1.27. The van der Waals surface area contributed by atoms with E-state index in [0.717, 1.165) is 24.8 Å². The number of hydrogen-bond acceptors (Lipinski definition) is 3. The number of aromatic nitrogens is 1. The van der Waals surface area contributed by atoms with Crippen molar-refractivity contribution in [3.05, 3.63) is 15.6 Å². The number of nitrogens with zero attached hydrogens (tertiary/aromatic N) is 2. The Morgan fingerprint density at radius 3 is 2.94 bits per heavy atom. The van der Waals surface area contributed by atoms with E-state index < -0.39 is 0 Å². The van der Waals surface area contributed by atoms with E-state index in [-0.39, 0.29) is 0 Å². The van der Waals surface area contributed by atoms with Crippen LogP contribution in [0.25, 0.3) is 0 Å². The molecule has 1 aromatic heterocycles. The van der Waals surface area contributed by atoms with E-state index in [2.05, 4.69) is 23.7 Å². The van der Waals surface area contributed by atoms with Crippen molar-refractivity contribution in [2.75, 3.05) is 19.0 Å². The molecule has 0 amide bonds. The van der Waals surface area contributed by atoms with Crippen LogP contribution in [0.15, 0.2) is 0 Å². The Balaban J connectivity index is 1.87. The Morgan fingerprint density at radius 1 is 1.50 bits per heavy atom. The lowest BCUT2D eigenvalue weighted by molar-refractivity contribution is 0.315. The van der Waals surface area contributed by atoms with Crippen LogP contribution in [0.4, 0.5) is 0 Å². The van der Waals surface area contributed by atoms with Crippen LogP contribution in [0, 0.1) is 19.8 Å². The first-order valence-corrected chi connectivity index (χ1v) is 7.25. The fourth-order valence-corrected chi connectivity index (χ4v) is 3.53. The predicted octanol–water partition coefficient (Wildman–Crippen LogP) is 3.21. The van der Waals surface area contributed by atoms with Gasteiger partial charge in [0.05, 0.1) is 12.2 Å². The molecule has 1 fully saturated rings. The van der Waals surface area contributed by atoms with Crippen LogP contribution in [0.3, 0.4) is 0 Å². The molecule has 16 heavy (non-hydrogen) atoms. The molecule has 0 N–H and O–H groups in total. The molecule has 90 valence electrons. The quantitative estimate of drug-likeness (QED) is 0.771. The van der Waals surface area contributed by atoms with Gasteiger partial charge in [-0.2, -0.15) is 0 Å². The molecule has 0 aromatic carbocycles. The molecule has 0 aliphatic carbocycles. The van der Waals surface area contributed by atoms with Gasteiger partial charge in [0.2, 0.25) is 0 Å². The predicted molar refractivity (Wildman–Crippen MR) is 70.3 cm³/mol. The van der Waals surface area contributed by atoms with Crippen LogP contribution >= 0.6 is 22.9 Å². The molecule has 1 atom stereocenters. The molecule has 1 saturated heterocycles. The summed E-state index contributed by atoms with van der Waals surface area (Å²) in [4.78, 5) is 8.46. The lowest BCUT2D eigenvalue weighted by Gasteiger charge is -2.13. The van der Waals surface area contributed by atoms with Gasteiger partial charge in [-0.3, -0.25) is 4.90 Å². The highest BCUT2D eigenvalue weighted by molar-refractivity contribution is 7.11. The molecular weight excluding hydrogens is 240 g/mol. The maximum absolute atomic E-state index is 5.78. The SMILES string of the molecule is Cc1nc(CN2CCC(CCCl)C2)sc1C. The molecule has 4 heteroatoms. The molecule has 0 spiro atoms. The second-order valence-electron chi connectivity index (χ2n) is 4.62. The van der Waals surface area contributed by atoms with Gasteiger partial charge in [0.15, 0.2) is 0 Å². The average molecular weight is 259 g/mol. The van der Waals surface area contributed by atoms with Crippen LogP contribution < -0.4 is 0 Å². The van der Waals surface area contributed by atoms with Crippen molar-refractivity contribution in [1.82, 2.24) is 9.88 Å². The Kier molecular flexibility index (Phi) is 4.22. The van der Waals surface area contributed by atoms with Crippen LogP contribution in [0.1, 0.15) is 28.4 Å². The monoisotopic (exact) mass is 258 g/mol. The van der Waals surface area contributed by atoms with Gasteiger partial charge < -0.3 is 0 Å². The lowest BCUT2D eigenvalue weighted by atomic mass is 10.1. The standard InChI is InChI=1S/C12H19ClN2S/c1-9-10(2)16-12(14-9)8-15-6-4-11(7-15)3-5-13/h11H,3-8H2,1-2H3. The molecule has 2 heterocycles. The van der Waals surface area contributed by atoms with E-state index in [1.807, 2.05) is 11.3 Å². The Hall–Kier alpha value is -0.120. The van der Waals surface area contributed by atoms with E-state index in [4.69, 9.17) is 11.6 Å². The Bertz CT molecular complexity index is 331. The third-order valence-corrected chi connectivity index (χ3v) is 4.59. The molecule has 0 bridgehead atoms. The highest BCUT2D eigenvalue weighted by Gasteiger charge is 2.22. The minimum atomic E-state index is 0.800. The normalized spacial score (nSPS) is 21.8. The largest absolute Gasteiger partial charge is 0.296 e. The van der Waals surface area contributed by atoms with E-state index in [0.29, 0.717) is 0 Å². The van der Waals surface area contributed by atoms with Gasteiger partial charge in [-0.25, -0.2) is 4.98 Å². The summed E-state index contributed by atoms with van der Waals surface area (Å²) in [5.41, 5.74) is 1.19. The number of hydrogen-bond donors (Lipinski definition) is 0. The third kappa shape index (κ3) is 2.96. The second-order valence-corrected chi connectivity index (χ2v) is 6.28. The van der Waals surface area contributed by atoms with E-state index in [9.17, 15) is 0 Å². The van der Waals surface area contributed by atoms with Crippen molar-refractivity contribution in [1.29, 1.82) is 0 Å². The topological polar surface area (TPSA) is 16.1 Å². The molecule has 2 nitrogen and oxygen atoms in total. The first-order valence-electron chi connectivity index (χ1n) is 5.90. The van der Waals surface area contributed by atoms with Gasteiger partial charge >= 0.3 is 0 Å². The van der Waals surface area contributed by atoms with Crippen LogP contribution in [-0.2, 0) is 6.54 Å². The van der Waals surface area contributed by atoms with Crippen molar-refractivity contribution in [2.45, 2.75) is 33.2 Å². The number of thiazole rings is 1. The van der Waals surface area contributed by atoms with Crippen molar-refractivity contribution in [3.63, 3.8) is 0 Å². The maximum Gasteiger partial charge on any atom is 0.107 e. The van der Waals surface area contributed by atoms with Gasteiger partial charge in [-0.15, -0.1) is 22.9 Å². The average Bonchev–Trinajstić information content (AvgIpc) is 2.77. The molecule has 1 unspecified atom stereocenters. The summed E-state index contributed by atoms with van der Waals surface area (Å²) < 4.78 is 0. The van der Waals surface area contributed by atoms with Crippen molar-refractivity contribution in [3.8, 4) is 0 Å². The molecular formula is C12H19ClN2S. The van der Waals surface area contributed by atoms with Gasteiger partial charge in [-0.05, 0) is 39.2 Å². The van der Waals surface area contributed by atoms with Gasteiger partial charge in [-0.1, -0.05) is 0 Å². The summed E-state index contributed by atoms with van der Waals surface area (Å²) in [6.45, 7) is 7.67. The Labute approximate surface area is 107 Å². The smallest absolute Gasteiger partial charge is 0.107 e. The summed E-state index contributed by atoms with van der Waals surface area (Å²) in [6.07, 6.45) is 2.46. The summed E-state index contributed by atoms with van der Waals surface area (Å²) in [6, 6.07) is 0. The zero-order valence-electron chi connectivity index (χ0n) is 10.0. The third-order valence-electron chi connectivity index (χ3n) is 3.32. The van der Waals surface area contributed by atoms with Crippen molar-refractivity contribution in [2.24, 2.45) is 5.92 Å². The fourth-order valence-electron chi connectivity index (χ4n) is 2.24. The van der Waals surface area contributed by atoms with Crippen LogP contribution in [0.2, 0.25) is 0 Å². The number of alkyl halides is 1. The van der Waals surface area contributed by atoms with Crippen molar-refractivity contribution >= 4 is 22.9 Å². The van der Waals surface area contributed by atoms with Gasteiger partial charge in [0, 0.05) is 17.3 Å². The van der Waals surface area contributed by atoms with E-state index in [1.165, 1.54) is 35.1 Å². The zero-order valence-corrected chi connectivity index (χ0v) is 11.6. The first kappa shape index (κ1) is 12.3. The number of rotatable bonds is 4. The molecule has 2 rings (SSSR count). The van der Waals surface area contributed by atoms with Gasteiger partial charge in [0.1, 0.15) is 5.01 Å². The zero-order chi connectivity index (χ0) is 11.5. The summed E-state index contributed by atoms with van der Waals surface area (Å²) in [5.74, 6) is 1.60. The summed E-state index contributed by atoms with van der Waals surface area (Å²) in [7, 11) is 0. The molecule has 1 aliphatic heterocycles. The van der Waals surface area contributed by atoms with Crippen LogP contribution in [-0.4, -0.2) is 28.9 Å². The Morgan fingerprint density at radius 2 is 2.31 bits per heavy atom. The highest BCUT2D eigenvalue weighted by Crippen LogP contribution is 2.24. The fraction of sp³-hybridized carbons (Fsp3) is 0.750. The maximum atomic E-state index is 5.78. The minimum absolute atomic E-state index is 0.800. The number of likely N-dealkylation sites (tertiary alicyclic amines) is 1. The summed E-state index contributed by atoms with van der Waals surface area (Å²) >= 11 is 7.62. The van der Waals surface area contributed by atoms with E-state index in [1.54, 1.807) is 0 Å².